The highest BCUT2D eigenvalue weighted by Crippen LogP contribution is 2.38. The van der Waals surface area contributed by atoms with E-state index in [0.717, 1.165) is 10.5 Å². The molecular weight excluding hydrogens is 569 g/mol. The van der Waals surface area contributed by atoms with Crippen molar-refractivity contribution in [3.05, 3.63) is 94.8 Å². The average molecular weight is 584 g/mol. The summed E-state index contributed by atoms with van der Waals surface area (Å²) in [6.45, 7) is -6.30. The summed E-state index contributed by atoms with van der Waals surface area (Å²) in [6.07, 6.45) is 1.77. The first kappa shape index (κ1) is 29.4. The summed E-state index contributed by atoms with van der Waals surface area (Å²) in [5, 5.41) is 0. The van der Waals surface area contributed by atoms with Gasteiger partial charge in [-0.3, -0.25) is 0 Å². The SMILES string of the molecule is C[S+](=O)(Cc1ccc(C(Cl)(Cl)Cl)cc1)c1ccccc1.Fc1c(F)c(F)c([B-](F)(F)F)c(F)c1F. The molecule has 1 atom stereocenters. The minimum Gasteiger partial charge on any atom is -0.445 e. The normalized spacial score (nSPS) is 13.6. The predicted molar refractivity (Wildman–Crippen MR) is 123 cm³/mol. The Morgan fingerprint density at radius 1 is 0.743 bits per heavy atom. The summed E-state index contributed by atoms with van der Waals surface area (Å²) in [5.74, 6) is -13.1. The molecule has 0 aliphatic carbocycles. The lowest BCUT2D eigenvalue weighted by Gasteiger charge is -2.17. The number of halogens is 11. The standard InChI is InChI=1S/C15H14Cl3OS.C6BF8/c1-20(19,14-5-3-2-4-6-14)11-12-7-9-13(10-8-12)15(16,17)18;8-2-1(7(13,14)15)3(9)5(11)6(12)4(2)10/h2-10H,11H2,1H3;/q+1;-1. The molecule has 0 fully saturated rings. The number of hydrogen-bond donors (Lipinski definition) is 0. The molecule has 0 saturated heterocycles. The van der Waals surface area contributed by atoms with E-state index in [2.05, 4.69) is 0 Å². The van der Waals surface area contributed by atoms with Crippen LogP contribution in [0, 0.1) is 29.1 Å². The largest absolute Gasteiger partial charge is 0.515 e. The van der Waals surface area contributed by atoms with Gasteiger partial charge in [0.15, 0.2) is 22.3 Å². The van der Waals surface area contributed by atoms with Gasteiger partial charge in [0.25, 0.3) is 0 Å². The lowest BCUT2D eigenvalue weighted by Crippen LogP contribution is -2.41. The molecule has 0 N–H and O–H groups in total. The molecule has 35 heavy (non-hydrogen) atoms. The van der Waals surface area contributed by atoms with Crippen LogP contribution in [-0.2, 0) is 23.7 Å². The summed E-state index contributed by atoms with van der Waals surface area (Å²) >= 11 is 17.4. The molecule has 3 aromatic rings. The molecule has 190 valence electrons. The van der Waals surface area contributed by atoms with Crippen LogP contribution in [-0.4, -0.2) is 13.2 Å². The zero-order valence-corrected chi connectivity index (χ0v) is 20.5. The first-order valence-electron chi connectivity index (χ1n) is 9.36. The molecule has 0 aromatic heterocycles. The fourth-order valence-corrected chi connectivity index (χ4v) is 4.91. The van der Waals surface area contributed by atoms with Gasteiger partial charge in [-0.15, -0.1) is 0 Å². The number of rotatable bonds is 4. The van der Waals surface area contributed by atoms with Crippen molar-refractivity contribution >= 4 is 57.2 Å². The van der Waals surface area contributed by atoms with Crippen molar-refractivity contribution in [3.63, 3.8) is 0 Å². The van der Waals surface area contributed by atoms with Crippen LogP contribution < -0.4 is 5.46 Å². The van der Waals surface area contributed by atoms with E-state index in [-0.39, 0.29) is 0 Å². The van der Waals surface area contributed by atoms with E-state index in [1.807, 2.05) is 42.5 Å². The third-order valence-corrected chi connectivity index (χ3v) is 7.34. The summed E-state index contributed by atoms with van der Waals surface area (Å²) in [7, 11) is -2.11. The highest BCUT2D eigenvalue weighted by atomic mass is 35.6. The van der Waals surface area contributed by atoms with E-state index in [0.29, 0.717) is 11.3 Å². The van der Waals surface area contributed by atoms with E-state index in [1.165, 1.54) is 0 Å². The van der Waals surface area contributed by atoms with Crippen molar-refractivity contribution in [2.75, 3.05) is 6.26 Å². The highest BCUT2D eigenvalue weighted by molar-refractivity contribution is 8.01. The first-order valence-corrected chi connectivity index (χ1v) is 12.6. The van der Waals surface area contributed by atoms with Gasteiger partial charge in [-0.2, -0.15) is 0 Å². The molecule has 0 aliphatic heterocycles. The van der Waals surface area contributed by atoms with Crippen molar-refractivity contribution in [2.24, 2.45) is 0 Å². The molecule has 0 aliphatic rings. The van der Waals surface area contributed by atoms with Gasteiger partial charge < -0.3 is 12.9 Å². The van der Waals surface area contributed by atoms with Crippen LogP contribution >= 0.6 is 34.8 Å². The zero-order chi connectivity index (χ0) is 26.8. The van der Waals surface area contributed by atoms with Crippen molar-refractivity contribution in [1.82, 2.24) is 0 Å². The molecule has 3 rings (SSSR count). The smallest absolute Gasteiger partial charge is 0.445 e. The van der Waals surface area contributed by atoms with Gasteiger partial charge in [0.1, 0.15) is 33.6 Å². The minimum absolute atomic E-state index is 0.469. The Morgan fingerprint density at radius 2 is 1.17 bits per heavy atom. The van der Waals surface area contributed by atoms with Gasteiger partial charge in [0, 0.05) is 11.1 Å². The van der Waals surface area contributed by atoms with Crippen molar-refractivity contribution in [3.8, 4) is 0 Å². The summed E-state index contributed by atoms with van der Waals surface area (Å²) in [5.41, 5.74) is -1.17. The van der Waals surface area contributed by atoms with E-state index < -0.39 is 55.3 Å². The molecule has 0 spiro atoms. The molecular formula is C21H14BCl3F8OS. The monoisotopic (exact) mass is 582 g/mol. The maximum absolute atomic E-state index is 12.8. The molecule has 0 radical (unpaired) electrons. The Kier molecular flexibility index (Phi) is 9.30. The fraction of sp³-hybridized carbons (Fsp3) is 0.143. The lowest BCUT2D eigenvalue weighted by molar-refractivity contribution is 0.377. The van der Waals surface area contributed by atoms with E-state index >= 15 is 0 Å². The Balaban J connectivity index is 0.000000258. The van der Waals surface area contributed by atoms with Crippen LogP contribution in [0.3, 0.4) is 0 Å². The quantitative estimate of drug-likeness (QED) is 0.0771. The van der Waals surface area contributed by atoms with E-state index in [9.17, 15) is 39.1 Å². The van der Waals surface area contributed by atoms with Crippen molar-refractivity contribution in [2.45, 2.75) is 14.4 Å². The van der Waals surface area contributed by atoms with E-state index in [4.69, 9.17) is 34.8 Å². The molecule has 1 unspecified atom stereocenters. The Labute approximate surface area is 211 Å². The molecule has 0 bridgehead atoms. The number of hydrogen-bond acceptors (Lipinski definition) is 1. The Bertz CT molecular complexity index is 1200. The average Bonchev–Trinajstić information content (AvgIpc) is 2.76. The molecule has 1 nitrogen and oxygen atoms in total. The second-order valence-corrected chi connectivity index (χ2v) is 12.3. The van der Waals surface area contributed by atoms with Crippen LogP contribution in [0.15, 0.2) is 59.5 Å². The third kappa shape index (κ3) is 7.35. The Hall–Kier alpha value is -1.82. The summed E-state index contributed by atoms with van der Waals surface area (Å²) in [4.78, 5) is 0.852. The van der Waals surface area contributed by atoms with Gasteiger partial charge in [-0.05, 0) is 17.6 Å². The van der Waals surface area contributed by atoms with Crippen LogP contribution in [0.1, 0.15) is 11.1 Å². The molecule has 14 heteroatoms. The molecule has 3 aromatic carbocycles. The van der Waals surface area contributed by atoms with Gasteiger partial charge in [-0.1, -0.05) is 81.5 Å². The minimum atomic E-state index is -6.30. The van der Waals surface area contributed by atoms with Crippen molar-refractivity contribution < 1.29 is 39.1 Å². The van der Waals surface area contributed by atoms with Gasteiger partial charge in [0.05, 0.1) is 0 Å². The van der Waals surface area contributed by atoms with Crippen molar-refractivity contribution in [1.29, 1.82) is 0 Å². The van der Waals surface area contributed by atoms with Gasteiger partial charge in [0.2, 0.25) is 3.79 Å². The zero-order valence-electron chi connectivity index (χ0n) is 17.5. The van der Waals surface area contributed by atoms with E-state index in [1.54, 1.807) is 18.4 Å². The molecule has 0 amide bonds. The summed E-state index contributed by atoms with van der Waals surface area (Å²) in [6, 6.07) is 16.7. The van der Waals surface area contributed by atoms with Crippen LogP contribution in [0.4, 0.5) is 34.9 Å². The fourth-order valence-electron chi connectivity index (χ4n) is 2.81. The Morgan fingerprint density at radius 3 is 1.57 bits per heavy atom. The first-order chi connectivity index (χ1) is 16.0. The van der Waals surface area contributed by atoms with Crippen LogP contribution in [0.2, 0.25) is 0 Å². The number of alkyl halides is 3. The summed E-state index contributed by atoms with van der Waals surface area (Å²) < 4.78 is 109. The highest BCUT2D eigenvalue weighted by Gasteiger charge is 2.38. The topological polar surface area (TPSA) is 17.1 Å². The third-order valence-electron chi connectivity index (χ3n) is 4.54. The molecule has 0 saturated carbocycles. The van der Waals surface area contributed by atoms with Crippen LogP contribution in [0.25, 0.3) is 0 Å². The lowest BCUT2D eigenvalue weighted by atomic mass is 9.79. The maximum Gasteiger partial charge on any atom is 0.515 e. The van der Waals surface area contributed by atoms with Gasteiger partial charge in [-0.25, -0.2) is 22.0 Å². The second kappa shape index (κ2) is 11.1. The molecule has 0 heterocycles. The van der Waals surface area contributed by atoms with Gasteiger partial charge >= 0.3 is 6.98 Å². The van der Waals surface area contributed by atoms with Crippen LogP contribution in [0.5, 0.6) is 0 Å². The predicted octanol–water partition coefficient (Wildman–Crippen LogP) is 7.64. The maximum atomic E-state index is 12.8. The number of benzene rings is 3. The second-order valence-electron chi connectivity index (χ2n) is 7.22.